The van der Waals surface area contributed by atoms with Crippen molar-refractivity contribution in [3.63, 3.8) is 0 Å². The predicted molar refractivity (Wildman–Crippen MR) is 121 cm³/mol. The van der Waals surface area contributed by atoms with E-state index in [9.17, 15) is 5.11 Å². The molecule has 158 valence electrons. The van der Waals surface area contributed by atoms with Crippen molar-refractivity contribution in [1.29, 1.82) is 0 Å². The van der Waals surface area contributed by atoms with E-state index in [1.807, 2.05) is 30.6 Å². The molecule has 4 aromatic rings. The van der Waals surface area contributed by atoms with Crippen LogP contribution in [0, 0.1) is 0 Å². The van der Waals surface area contributed by atoms with Gasteiger partial charge in [0.15, 0.2) is 5.82 Å². The molecule has 0 spiro atoms. The second-order valence-corrected chi connectivity index (χ2v) is 7.73. The highest BCUT2D eigenvalue weighted by Crippen LogP contribution is 2.32. The average molecular weight is 416 g/mol. The lowest BCUT2D eigenvalue weighted by Gasteiger charge is -2.30. The van der Waals surface area contributed by atoms with Gasteiger partial charge in [-0.25, -0.2) is 4.98 Å². The fourth-order valence-electron chi connectivity index (χ4n) is 4.24. The van der Waals surface area contributed by atoms with Crippen LogP contribution in [0.2, 0.25) is 0 Å². The zero-order valence-corrected chi connectivity index (χ0v) is 17.4. The number of imidazole rings is 1. The number of aliphatic hydroxyl groups excluding tert-OH is 1. The SMILES string of the molecule is CCCN(CCO)C1CN=Cc2nc(-c3n[nH]c4ccc(-c5cccnc5)cc34)[nH]c21. The number of H-pyrrole nitrogens is 2. The van der Waals surface area contributed by atoms with Gasteiger partial charge in [0.05, 0.1) is 30.4 Å². The Balaban J connectivity index is 1.55. The first kappa shape index (κ1) is 19.6. The van der Waals surface area contributed by atoms with Gasteiger partial charge in [-0.1, -0.05) is 19.1 Å². The molecule has 0 bridgehead atoms. The van der Waals surface area contributed by atoms with Crippen molar-refractivity contribution in [1.82, 2.24) is 30.0 Å². The fraction of sp³-hybridized carbons (Fsp3) is 0.304. The molecule has 1 aromatic carbocycles. The first-order valence-electron chi connectivity index (χ1n) is 10.6. The van der Waals surface area contributed by atoms with E-state index in [-0.39, 0.29) is 12.6 Å². The van der Waals surface area contributed by atoms with Gasteiger partial charge >= 0.3 is 0 Å². The lowest BCUT2D eigenvalue weighted by atomic mass is 10.0. The van der Waals surface area contributed by atoms with Crippen LogP contribution >= 0.6 is 0 Å². The van der Waals surface area contributed by atoms with Crippen LogP contribution in [-0.4, -0.2) is 67.6 Å². The smallest absolute Gasteiger partial charge is 0.159 e. The maximum Gasteiger partial charge on any atom is 0.159 e. The molecular formula is C23H25N7O. The summed E-state index contributed by atoms with van der Waals surface area (Å²) in [5.41, 5.74) is 5.75. The summed E-state index contributed by atoms with van der Waals surface area (Å²) in [6.45, 7) is 4.43. The largest absolute Gasteiger partial charge is 0.395 e. The van der Waals surface area contributed by atoms with Gasteiger partial charge in [-0.2, -0.15) is 5.10 Å². The van der Waals surface area contributed by atoms with Crippen LogP contribution in [0.4, 0.5) is 0 Å². The highest BCUT2D eigenvalue weighted by molar-refractivity contribution is 5.95. The lowest BCUT2D eigenvalue weighted by Crippen LogP contribution is -2.35. The van der Waals surface area contributed by atoms with E-state index in [0.717, 1.165) is 57.9 Å². The zero-order chi connectivity index (χ0) is 21.2. The van der Waals surface area contributed by atoms with E-state index in [4.69, 9.17) is 4.98 Å². The number of nitrogens with one attached hydrogen (secondary N) is 2. The van der Waals surface area contributed by atoms with Gasteiger partial charge in [0.2, 0.25) is 0 Å². The van der Waals surface area contributed by atoms with Crippen molar-refractivity contribution in [3.8, 4) is 22.6 Å². The number of pyridine rings is 1. The van der Waals surface area contributed by atoms with Crippen LogP contribution in [-0.2, 0) is 0 Å². The molecule has 3 aromatic heterocycles. The molecule has 0 amide bonds. The molecule has 5 rings (SSSR count). The molecule has 0 fully saturated rings. The number of aliphatic imine (C=N–C) groups is 1. The van der Waals surface area contributed by atoms with Gasteiger partial charge in [0.1, 0.15) is 11.4 Å². The van der Waals surface area contributed by atoms with Crippen molar-refractivity contribution >= 4 is 17.1 Å². The Morgan fingerprint density at radius 1 is 1.19 bits per heavy atom. The van der Waals surface area contributed by atoms with Crippen molar-refractivity contribution in [2.75, 3.05) is 26.2 Å². The second-order valence-electron chi connectivity index (χ2n) is 7.73. The van der Waals surface area contributed by atoms with E-state index in [2.05, 4.69) is 49.1 Å². The molecule has 1 unspecified atom stereocenters. The predicted octanol–water partition coefficient (Wildman–Crippen LogP) is 3.19. The van der Waals surface area contributed by atoms with E-state index >= 15 is 0 Å². The van der Waals surface area contributed by atoms with Crippen LogP contribution in [0.1, 0.15) is 30.8 Å². The number of hydrogen-bond donors (Lipinski definition) is 3. The summed E-state index contributed by atoms with van der Waals surface area (Å²) in [7, 11) is 0. The van der Waals surface area contributed by atoms with Crippen LogP contribution < -0.4 is 0 Å². The molecule has 1 aliphatic heterocycles. The Kier molecular flexibility index (Phi) is 5.31. The van der Waals surface area contributed by atoms with Crippen molar-refractivity contribution < 1.29 is 5.11 Å². The maximum atomic E-state index is 9.51. The number of nitrogens with zero attached hydrogens (tertiary/aromatic N) is 5. The van der Waals surface area contributed by atoms with Crippen molar-refractivity contribution in [2.24, 2.45) is 4.99 Å². The van der Waals surface area contributed by atoms with Crippen LogP contribution in [0.15, 0.2) is 47.7 Å². The standard InChI is InChI=1S/C23H25N7O/c1-2-8-30(9-10-31)20-14-25-13-19-22(20)27-23(26-19)21-17-11-15(5-6-18(17)28-29-21)16-4-3-7-24-12-16/h3-7,11-13,20,31H,2,8-10,14H2,1H3,(H,26,27)(H,28,29). The van der Waals surface area contributed by atoms with Gasteiger partial charge in [-0.3, -0.25) is 20.0 Å². The quantitative estimate of drug-likeness (QED) is 0.430. The molecule has 0 radical (unpaired) electrons. The number of benzene rings is 1. The number of hydrogen-bond acceptors (Lipinski definition) is 6. The summed E-state index contributed by atoms with van der Waals surface area (Å²) in [6.07, 6.45) is 6.47. The highest BCUT2D eigenvalue weighted by Gasteiger charge is 2.28. The van der Waals surface area contributed by atoms with E-state index in [1.165, 1.54) is 0 Å². The minimum absolute atomic E-state index is 0.0736. The van der Waals surface area contributed by atoms with Crippen molar-refractivity contribution in [3.05, 3.63) is 54.1 Å². The van der Waals surface area contributed by atoms with Gasteiger partial charge in [0.25, 0.3) is 0 Å². The molecule has 0 saturated heterocycles. The highest BCUT2D eigenvalue weighted by atomic mass is 16.3. The van der Waals surface area contributed by atoms with Gasteiger partial charge in [-0.15, -0.1) is 0 Å². The molecule has 8 nitrogen and oxygen atoms in total. The topological polar surface area (TPSA) is 106 Å². The van der Waals surface area contributed by atoms with E-state index in [1.54, 1.807) is 6.20 Å². The van der Waals surface area contributed by atoms with Gasteiger partial charge < -0.3 is 10.1 Å². The van der Waals surface area contributed by atoms with Crippen molar-refractivity contribution in [2.45, 2.75) is 19.4 Å². The fourth-order valence-corrected chi connectivity index (χ4v) is 4.24. The first-order chi connectivity index (χ1) is 15.3. The summed E-state index contributed by atoms with van der Waals surface area (Å²) < 4.78 is 0. The molecule has 31 heavy (non-hydrogen) atoms. The summed E-state index contributed by atoms with van der Waals surface area (Å²) in [5, 5.41) is 18.2. The third-order valence-corrected chi connectivity index (χ3v) is 5.71. The monoisotopic (exact) mass is 415 g/mol. The Bertz CT molecular complexity index is 1210. The molecule has 1 atom stereocenters. The molecule has 0 aliphatic carbocycles. The number of aliphatic hydroxyl groups is 1. The van der Waals surface area contributed by atoms with Crippen LogP contribution in [0.25, 0.3) is 33.5 Å². The van der Waals surface area contributed by atoms with E-state index < -0.39 is 0 Å². The Morgan fingerprint density at radius 3 is 2.94 bits per heavy atom. The van der Waals surface area contributed by atoms with Crippen LogP contribution in [0.3, 0.4) is 0 Å². The molecular weight excluding hydrogens is 390 g/mol. The van der Waals surface area contributed by atoms with Crippen LogP contribution in [0.5, 0.6) is 0 Å². The Labute approximate surface area is 180 Å². The lowest BCUT2D eigenvalue weighted by molar-refractivity contribution is 0.151. The summed E-state index contributed by atoms with van der Waals surface area (Å²) in [4.78, 5) is 19.3. The normalized spacial score (nSPS) is 15.6. The van der Waals surface area contributed by atoms with E-state index in [0.29, 0.717) is 13.1 Å². The van der Waals surface area contributed by atoms with Gasteiger partial charge in [-0.05, 0) is 36.7 Å². The zero-order valence-electron chi connectivity index (χ0n) is 17.4. The average Bonchev–Trinajstić information content (AvgIpc) is 3.43. The molecule has 3 N–H and O–H groups in total. The molecule has 8 heteroatoms. The third-order valence-electron chi connectivity index (χ3n) is 5.71. The number of fused-ring (bicyclic) bond motifs is 2. The summed E-state index contributed by atoms with van der Waals surface area (Å²) >= 11 is 0. The molecule has 0 saturated carbocycles. The third kappa shape index (κ3) is 3.64. The minimum atomic E-state index is 0.0736. The second kappa shape index (κ2) is 8.41. The number of aromatic nitrogens is 5. The Morgan fingerprint density at radius 2 is 2.13 bits per heavy atom. The summed E-state index contributed by atoms with van der Waals surface area (Å²) in [5.74, 6) is 0.721. The Hall–Kier alpha value is -3.36. The number of rotatable bonds is 7. The number of aromatic amines is 2. The molecule has 4 heterocycles. The maximum absolute atomic E-state index is 9.51. The van der Waals surface area contributed by atoms with Gasteiger partial charge in [0, 0.05) is 36.1 Å². The molecule has 1 aliphatic rings. The minimum Gasteiger partial charge on any atom is -0.395 e. The first-order valence-corrected chi connectivity index (χ1v) is 10.6. The summed E-state index contributed by atoms with van der Waals surface area (Å²) in [6, 6.07) is 10.3.